The lowest BCUT2D eigenvalue weighted by atomic mass is 9.47. The minimum absolute atomic E-state index is 0.0891. The molecule has 224 valence electrons. The van der Waals surface area contributed by atoms with E-state index < -0.39 is 46.0 Å². The van der Waals surface area contributed by atoms with E-state index in [1.54, 1.807) is 7.11 Å². The third kappa shape index (κ3) is 5.29. The van der Waals surface area contributed by atoms with Crippen molar-refractivity contribution in [1.29, 1.82) is 0 Å². The van der Waals surface area contributed by atoms with Crippen LogP contribution in [0, 0.1) is 28.4 Å². The van der Waals surface area contributed by atoms with Gasteiger partial charge in [-0.25, -0.2) is 13.8 Å². The molecule has 8 nitrogen and oxygen atoms in total. The lowest BCUT2D eigenvalue weighted by Gasteiger charge is -2.58. The molecule has 1 aromatic heterocycles. The Balaban J connectivity index is 1.46. The van der Waals surface area contributed by atoms with Crippen LogP contribution in [0.2, 0.25) is 0 Å². The number of fused-ring (bicyclic) bond motifs is 2. The van der Waals surface area contributed by atoms with Crippen LogP contribution in [-0.2, 0) is 17.8 Å². The summed E-state index contributed by atoms with van der Waals surface area (Å²) >= 11 is 1.18. The molecule has 2 aliphatic rings. The van der Waals surface area contributed by atoms with Gasteiger partial charge in [0.1, 0.15) is 22.9 Å². The predicted molar refractivity (Wildman–Crippen MR) is 154 cm³/mol. The van der Waals surface area contributed by atoms with E-state index in [9.17, 15) is 28.6 Å². The van der Waals surface area contributed by atoms with Crippen LogP contribution >= 0.6 is 11.3 Å². The molecule has 5 atom stereocenters. The number of ether oxygens (including phenoxy) is 1. The number of rotatable bonds is 8. The molecule has 2 aromatic carbocycles. The molecule has 1 fully saturated rings. The number of benzene rings is 2. The Morgan fingerprint density at radius 1 is 1.14 bits per heavy atom. The second kappa shape index (κ2) is 11.7. The quantitative estimate of drug-likeness (QED) is 0.295. The van der Waals surface area contributed by atoms with E-state index in [4.69, 9.17) is 9.72 Å². The number of aliphatic hydroxyl groups excluding tert-OH is 2. The van der Waals surface area contributed by atoms with Crippen molar-refractivity contribution in [3.63, 3.8) is 0 Å². The number of carbonyl (C=O) groups is 2. The van der Waals surface area contributed by atoms with E-state index in [1.807, 2.05) is 31.2 Å². The molecular weight excluding hydrogens is 564 g/mol. The number of aliphatic hydroxyl groups is 2. The molecule has 0 radical (unpaired) electrons. The Kier molecular flexibility index (Phi) is 8.37. The summed E-state index contributed by atoms with van der Waals surface area (Å²) in [5, 5.41) is 27.1. The topological polar surface area (TPSA) is 121 Å². The van der Waals surface area contributed by atoms with Gasteiger partial charge in [0.25, 0.3) is 5.91 Å². The van der Waals surface area contributed by atoms with Crippen LogP contribution in [-0.4, -0.2) is 46.8 Å². The average Bonchev–Trinajstić information content (AvgIpc) is 3.37. The second-order valence-electron chi connectivity index (χ2n) is 11.7. The Labute approximate surface area is 247 Å². The zero-order chi connectivity index (χ0) is 30.2. The molecule has 1 saturated carbocycles. The fourth-order valence-electron chi connectivity index (χ4n) is 6.87. The van der Waals surface area contributed by atoms with Gasteiger partial charge in [-0.05, 0) is 48.8 Å². The molecule has 5 rings (SSSR count). The summed E-state index contributed by atoms with van der Waals surface area (Å²) in [4.78, 5) is 31.8. The summed E-state index contributed by atoms with van der Waals surface area (Å²) in [6.45, 7) is 3.98. The van der Waals surface area contributed by atoms with E-state index in [0.29, 0.717) is 30.7 Å². The molecule has 2 aliphatic carbocycles. The van der Waals surface area contributed by atoms with Crippen molar-refractivity contribution < 1.29 is 33.3 Å². The van der Waals surface area contributed by atoms with Crippen molar-refractivity contribution in [2.24, 2.45) is 16.7 Å². The minimum atomic E-state index is -0.982. The van der Waals surface area contributed by atoms with Gasteiger partial charge in [0, 0.05) is 34.7 Å². The van der Waals surface area contributed by atoms with Crippen LogP contribution in [0.15, 0.2) is 42.5 Å². The van der Waals surface area contributed by atoms with Crippen LogP contribution in [0.25, 0.3) is 0 Å². The van der Waals surface area contributed by atoms with Gasteiger partial charge in [0.15, 0.2) is 5.13 Å². The van der Waals surface area contributed by atoms with Crippen molar-refractivity contribution in [2.75, 3.05) is 19.0 Å². The number of aromatic nitrogens is 1. The van der Waals surface area contributed by atoms with Crippen molar-refractivity contribution >= 4 is 28.3 Å². The van der Waals surface area contributed by atoms with Crippen LogP contribution < -0.4 is 15.4 Å². The number of methoxy groups -OCH3 is 1. The van der Waals surface area contributed by atoms with Crippen LogP contribution in [0.5, 0.6) is 5.75 Å². The summed E-state index contributed by atoms with van der Waals surface area (Å²) in [7, 11) is 1.57. The van der Waals surface area contributed by atoms with Gasteiger partial charge >= 0.3 is 0 Å². The first-order valence-electron chi connectivity index (χ1n) is 13.9. The van der Waals surface area contributed by atoms with Crippen LogP contribution in [0.3, 0.4) is 0 Å². The van der Waals surface area contributed by atoms with E-state index in [1.165, 1.54) is 17.4 Å². The fraction of sp³-hybridized carbons (Fsp3) is 0.452. The standard InChI is InChI=1S/C31H35F2N3O5S/c1-30-12-11-24(38)31(2,16-37)23(30)14-22-27(18(30)13-25(39)34-15-17-7-4-5-10-21(17)41-3)35-29(42-22)36-28(40)26-19(32)8-6-9-20(26)33/h4-10,18,23-24,37-38H,11-16H2,1-3H3,(H,34,39)(H,35,36,40). The number of carbonyl (C=O) groups excluding carboxylic acids is 2. The maximum atomic E-state index is 14.3. The van der Waals surface area contributed by atoms with E-state index >= 15 is 0 Å². The smallest absolute Gasteiger partial charge is 0.263 e. The molecule has 0 saturated heterocycles. The Hall–Kier alpha value is -3.41. The summed E-state index contributed by atoms with van der Waals surface area (Å²) in [5.74, 6) is -3.05. The van der Waals surface area contributed by atoms with Crippen molar-refractivity contribution in [3.05, 3.63) is 75.8 Å². The Morgan fingerprint density at radius 2 is 1.86 bits per heavy atom. The largest absolute Gasteiger partial charge is 0.496 e. The molecule has 42 heavy (non-hydrogen) atoms. The van der Waals surface area contributed by atoms with E-state index in [2.05, 4.69) is 17.6 Å². The maximum Gasteiger partial charge on any atom is 0.263 e. The van der Waals surface area contributed by atoms with Crippen LogP contribution in [0.4, 0.5) is 13.9 Å². The molecule has 3 aromatic rings. The van der Waals surface area contributed by atoms with Crippen molar-refractivity contribution in [2.45, 2.75) is 58.1 Å². The highest BCUT2D eigenvalue weighted by molar-refractivity contribution is 7.15. The molecular formula is C31H35F2N3O5S. The fourth-order valence-corrected chi connectivity index (χ4v) is 7.94. The molecule has 0 aliphatic heterocycles. The average molecular weight is 600 g/mol. The number of nitrogens with zero attached hydrogens (tertiary/aromatic N) is 1. The SMILES string of the molecule is COc1ccccc1CNC(=O)CC1c2nc(NC(=O)c3c(F)cccc3F)sc2CC2C(C)(CO)C(O)CCC12C. The number of thiazole rings is 1. The minimum Gasteiger partial charge on any atom is -0.496 e. The van der Waals surface area contributed by atoms with Gasteiger partial charge in [0.05, 0.1) is 25.5 Å². The summed E-state index contributed by atoms with van der Waals surface area (Å²) < 4.78 is 33.9. The Bertz CT molecular complexity index is 1480. The first-order valence-corrected chi connectivity index (χ1v) is 14.8. The van der Waals surface area contributed by atoms with Gasteiger partial charge in [-0.15, -0.1) is 11.3 Å². The van der Waals surface area contributed by atoms with Crippen LogP contribution in [0.1, 0.15) is 65.5 Å². The number of hydrogen-bond acceptors (Lipinski definition) is 7. The van der Waals surface area contributed by atoms with E-state index in [0.717, 1.165) is 22.6 Å². The molecule has 4 N–H and O–H groups in total. The molecule has 2 amide bonds. The van der Waals surface area contributed by atoms with E-state index in [-0.39, 0.29) is 36.5 Å². The summed E-state index contributed by atoms with van der Waals surface area (Å²) in [5.41, 5.74) is -0.546. The normalized spacial score (nSPS) is 26.6. The number of amides is 2. The second-order valence-corrected chi connectivity index (χ2v) is 12.8. The highest BCUT2D eigenvalue weighted by Crippen LogP contribution is 2.62. The lowest BCUT2D eigenvalue weighted by Crippen LogP contribution is -2.57. The van der Waals surface area contributed by atoms with Gasteiger partial charge in [0.2, 0.25) is 5.91 Å². The number of nitrogens with one attached hydrogen (secondary N) is 2. The lowest BCUT2D eigenvalue weighted by molar-refractivity contribution is -0.144. The summed E-state index contributed by atoms with van der Waals surface area (Å²) in [6.07, 6.45) is 0.905. The van der Waals surface area contributed by atoms with Gasteiger partial charge in [-0.2, -0.15) is 0 Å². The van der Waals surface area contributed by atoms with Gasteiger partial charge in [-0.1, -0.05) is 38.1 Å². The van der Waals surface area contributed by atoms with Crippen molar-refractivity contribution in [3.8, 4) is 5.75 Å². The number of hydrogen-bond donors (Lipinski definition) is 4. The zero-order valence-electron chi connectivity index (χ0n) is 23.7. The molecule has 1 heterocycles. The highest BCUT2D eigenvalue weighted by atomic mass is 32.1. The third-order valence-electron chi connectivity index (χ3n) is 9.36. The molecule has 0 spiro atoms. The third-order valence-corrected chi connectivity index (χ3v) is 10.4. The van der Waals surface area contributed by atoms with Crippen molar-refractivity contribution in [1.82, 2.24) is 10.3 Å². The van der Waals surface area contributed by atoms with Gasteiger partial charge < -0.3 is 20.3 Å². The maximum absolute atomic E-state index is 14.3. The monoisotopic (exact) mass is 599 g/mol. The molecule has 5 unspecified atom stereocenters. The predicted octanol–water partition coefficient (Wildman–Crippen LogP) is 4.80. The summed E-state index contributed by atoms with van der Waals surface area (Å²) in [6, 6.07) is 10.6. The van der Waals surface area contributed by atoms with Gasteiger partial charge in [-0.3, -0.25) is 14.9 Å². The zero-order valence-corrected chi connectivity index (χ0v) is 24.6. The molecule has 0 bridgehead atoms. The first kappa shape index (κ1) is 30.1. The number of halogens is 2. The number of para-hydroxylation sites is 1. The number of anilines is 1. The highest BCUT2D eigenvalue weighted by Gasteiger charge is 2.59. The molecule has 11 heteroatoms. The Morgan fingerprint density at radius 3 is 2.55 bits per heavy atom. The first-order chi connectivity index (χ1) is 20.0.